The zero-order valence-corrected chi connectivity index (χ0v) is 12.4. The lowest BCUT2D eigenvalue weighted by molar-refractivity contribution is 0.158. The van der Waals surface area contributed by atoms with Gasteiger partial charge in [-0.15, -0.1) is 0 Å². The fourth-order valence-corrected chi connectivity index (χ4v) is 2.31. The largest absolute Gasteiger partial charge is 0.491 e. The normalized spacial score (nSPS) is 17.5. The van der Waals surface area contributed by atoms with Gasteiger partial charge >= 0.3 is 0 Å². The molecular weight excluding hydrogens is 276 g/mol. The number of unbranched alkanes of at least 4 members (excludes halogenated alkanes) is 1. The fourth-order valence-electron chi connectivity index (χ4n) is 2.31. The molecule has 2 N–H and O–H groups in total. The highest BCUT2D eigenvalue weighted by Gasteiger charge is 2.31. The first kappa shape index (κ1) is 16.2. The van der Waals surface area contributed by atoms with E-state index in [2.05, 4.69) is 5.32 Å². The SMILES string of the molecule is CC(CO)(CCCCOc1ccc(F)cc1F)NC1CC1. The van der Waals surface area contributed by atoms with E-state index in [1.165, 1.54) is 25.0 Å². The highest BCUT2D eigenvalue weighted by Crippen LogP contribution is 2.25. The number of benzene rings is 1. The topological polar surface area (TPSA) is 41.5 Å². The molecule has 0 heterocycles. The van der Waals surface area contributed by atoms with Gasteiger partial charge in [0.05, 0.1) is 13.2 Å². The summed E-state index contributed by atoms with van der Waals surface area (Å²) >= 11 is 0. The van der Waals surface area contributed by atoms with E-state index < -0.39 is 11.6 Å². The van der Waals surface area contributed by atoms with Crippen LogP contribution >= 0.6 is 0 Å². The zero-order valence-electron chi connectivity index (χ0n) is 12.4. The standard InChI is InChI=1S/C16H23F2NO2/c1-16(11-20,19-13-5-6-13)8-2-3-9-21-15-7-4-12(17)10-14(15)18/h4,7,10,13,19-20H,2-3,5-6,8-9,11H2,1H3. The highest BCUT2D eigenvalue weighted by molar-refractivity contribution is 5.24. The van der Waals surface area contributed by atoms with Crippen molar-refractivity contribution in [3.8, 4) is 5.75 Å². The van der Waals surface area contributed by atoms with Gasteiger partial charge in [0.1, 0.15) is 5.82 Å². The van der Waals surface area contributed by atoms with Crippen molar-refractivity contribution in [2.75, 3.05) is 13.2 Å². The van der Waals surface area contributed by atoms with Crippen molar-refractivity contribution in [1.29, 1.82) is 0 Å². The van der Waals surface area contributed by atoms with Gasteiger partial charge in [0.25, 0.3) is 0 Å². The van der Waals surface area contributed by atoms with Crippen LogP contribution in [0.1, 0.15) is 39.0 Å². The van der Waals surface area contributed by atoms with Crippen LogP contribution < -0.4 is 10.1 Å². The van der Waals surface area contributed by atoms with Gasteiger partial charge in [0.15, 0.2) is 11.6 Å². The Kier molecular flexibility index (Phi) is 5.53. The van der Waals surface area contributed by atoms with Crippen LogP contribution in [0.5, 0.6) is 5.75 Å². The Hall–Kier alpha value is -1.20. The van der Waals surface area contributed by atoms with Crippen LogP contribution in [-0.2, 0) is 0 Å². The average Bonchev–Trinajstić information content (AvgIpc) is 3.24. The molecule has 1 aliphatic rings. The molecule has 1 saturated carbocycles. The molecule has 0 aliphatic heterocycles. The van der Waals surface area contributed by atoms with Gasteiger partial charge < -0.3 is 15.2 Å². The summed E-state index contributed by atoms with van der Waals surface area (Å²) in [7, 11) is 0. The lowest BCUT2D eigenvalue weighted by atomic mass is 9.95. The predicted octanol–water partition coefficient (Wildman–Crippen LogP) is 3.02. The molecule has 2 rings (SSSR count). The molecule has 21 heavy (non-hydrogen) atoms. The Bertz CT molecular complexity index is 466. The lowest BCUT2D eigenvalue weighted by Gasteiger charge is -2.29. The van der Waals surface area contributed by atoms with E-state index >= 15 is 0 Å². The van der Waals surface area contributed by atoms with Crippen LogP contribution in [0.4, 0.5) is 8.78 Å². The second-order valence-electron chi connectivity index (χ2n) is 6.02. The summed E-state index contributed by atoms with van der Waals surface area (Å²) < 4.78 is 31.4. The third-order valence-corrected chi connectivity index (χ3v) is 3.75. The molecule has 1 fully saturated rings. The molecule has 5 heteroatoms. The van der Waals surface area contributed by atoms with Crippen molar-refractivity contribution in [2.24, 2.45) is 0 Å². The monoisotopic (exact) mass is 299 g/mol. The minimum absolute atomic E-state index is 0.0809. The molecule has 1 unspecified atom stereocenters. The molecular formula is C16H23F2NO2. The first-order chi connectivity index (χ1) is 10.0. The van der Waals surface area contributed by atoms with Crippen LogP contribution in [-0.4, -0.2) is 29.9 Å². The number of nitrogens with one attached hydrogen (secondary N) is 1. The second kappa shape index (κ2) is 7.18. The van der Waals surface area contributed by atoms with Gasteiger partial charge in [-0.1, -0.05) is 0 Å². The number of aliphatic hydroxyl groups is 1. The van der Waals surface area contributed by atoms with Crippen LogP contribution in [0.3, 0.4) is 0 Å². The Morgan fingerprint density at radius 3 is 2.71 bits per heavy atom. The van der Waals surface area contributed by atoms with Crippen LogP contribution in [0.15, 0.2) is 18.2 Å². The molecule has 1 aromatic rings. The van der Waals surface area contributed by atoms with Crippen LogP contribution in [0.25, 0.3) is 0 Å². The first-order valence-electron chi connectivity index (χ1n) is 7.49. The second-order valence-corrected chi connectivity index (χ2v) is 6.02. The molecule has 0 radical (unpaired) electrons. The van der Waals surface area contributed by atoms with E-state index in [1.54, 1.807) is 0 Å². The summed E-state index contributed by atoms with van der Waals surface area (Å²) in [5.74, 6) is -1.20. The molecule has 1 atom stereocenters. The summed E-state index contributed by atoms with van der Waals surface area (Å²) in [6, 6.07) is 3.85. The number of halogens is 2. The van der Waals surface area contributed by atoms with Crippen molar-refractivity contribution < 1.29 is 18.6 Å². The third-order valence-electron chi connectivity index (χ3n) is 3.75. The molecule has 118 valence electrons. The van der Waals surface area contributed by atoms with Crippen molar-refractivity contribution in [2.45, 2.75) is 50.6 Å². The van der Waals surface area contributed by atoms with Crippen molar-refractivity contribution in [3.05, 3.63) is 29.8 Å². The maximum Gasteiger partial charge on any atom is 0.167 e. The van der Waals surface area contributed by atoms with E-state index in [4.69, 9.17) is 4.74 Å². The van der Waals surface area contributed by atoms with Gasteiger partial charge in [-0.2, -0.15) is 0 Å². The smallest absolute Gasteiger partial charge is 0.167 e. The summed E-state index contributed by atoms with van der Waals surface area (Å²) in [6.07, 6.45) is 4.85. The maximum atomic E-state index is 13.3. The van der Waals surface area contributed by atoms with Crippen LogP contribution in [0.2, 0.25) is 0 Å². The Morgan fingerprint density at radius 1 is 1.33 bits per heavy atom. The molecule has 0 amide bonds. The summed E-state index contributed by atoms with van der Waals surface area (Å²) in [6.45, 7) is 2.51. The zero-order chi connectivity index (χ0) is 15.3. The maximum absolute atomic E-state index is 13.3. The van der Waals surface area contributed by atoms with E-state index in [1.807, 2.05) is 6.92 Å². The number of hydrogen-bond acceptors (Lipinski definition) is 3. The van der Waals surface area contributed by atoms with Gasteiger partial charge in [0, 0.05) is 17.6 Å². The van der Waals surface area contributed by atoms with Gasteiger partial charge in [0.2, 0.25) is 0 Å². The average molecular weight is 299 g/mol. The molecule has 1 aromatic carbocycles. The van der Waals surface area contributed by atoms with Crippen LogP contribution in [0, 0.1) is 11.6 Å². The highest BCUT2D eigenvalue weighted by atomic mass is 19.1. The molecule has 0 aromatic heterocycles. The Labute approximate surface area is 124 Å². The van der Waals surface area contributed by atoms with Crippen molar-refractivity contribution in [1.82, 2.24) is 5.32 Å². The lowest BCUT2D eigenvalue weighted by Crippen LogP contribution is -2.46. The first-order valence-corrected chi connectivity index (χ1v) is 7.49. The van der Waals surface area contributed by atoms with Gasteiger partial charge in [-0.25, -0.2) is 8.78 Å². The summed E-state index contributed by atoms with van der Waals surface area (Å²) in [5, 5.41) is 12.9. The number of ether oxygens (including phenoxy) is 1. The molecule has 0 spiro atoms. The molecule has 0 bridgehead atoms. The Morgan fingerprint density at radius 2 is 2.10 bits per heavy atom. The fraction of sp³-hybridized carbons (Fsp3) is 0.625. The summed E-state index contributed by atoms with van der Waals surface area (Å²) in [5.41, 5.74) is -0.248. The number of aliphatic hydroxyl groups excluding tert-OH is 1. The van der Waals surface area contributed by atoms with E-state index in [0.29, 0.717) is 12.6 Å². The predicted molar refractivity (Wildman–Crippen MR) is 77.4 cm³/mol. The minimum atomic E-state index is -0.675. The Balaban J connectivity index is 1.66. The van der Waals surface area contributed by atoms with Gasteiger partial charge in [-0.05, 0) is 51.2 Å². The quantitative estimate of drug-likeness (QED) is 0.689. The van der Waals surface area contributed by atoms with Gasteiger partial charge in [-0.3, -0.25) is 0 Å². The molecule has 1 aliphatic carbocycles. The third kappa shape index (κ3) is 5.25. The van der Waals surface area contributed by atoms with Crippen molar-refractivity contribution >= 4 is 0 Å². The molecule has 0 saturated heterocycles. The summed E-state index contributed by atoms with van der Waals surface area (Å²) in [4.78, 5) is 0. The van der Waals surface area contributed by atoms with E-state index in [9.17, 15) is 13.9 Å². The van der Waals surface area contributed by atoms with E-state index in [0.717, 1.165) is 25.3 Å². The number of rotatable bonds is 9. The molecule has 3 nitrogen and oxygen atoms in total. The number of hydrogen-bond donors (Lipinski definition) is 2. The van der Waals surface area contributed by atoms with E-state index in [-0.39, 0.29) is 17.9 Å². The minimum Gasteiger partial charge on any atom is -0.491 e. The van der Waals surface area contributed by atoms with Crippen molar-refractivity contribution in [3.63, 3.8) is 0 Å².